The third kappa shape index (κ3) is 58.8. The molecule has 0 spiro atoms. The van der Waals surface area contributed by atoms with Gasteiger partial charge in [0.15, 0.2) is 0 Å². The molecule has 0 fully saturated rings. The van der Waals surface area contributed by atoms with Crippen LogP contribution >= 0.6 is 23.4 Å². The molecule has 1 aromatic carbocycles. The number of rotatable bonds is 2. The number of allylic oxidation sites excluding steroid dienone is 4. The zero-order chi connectivity index (χ0) is 29.2. The van der Waals surface area contributed by atoms with E-state index in [2.05, 4.69) is 56.3 Å². The van der Waals surface area contributed by atoms with Crippen LogP contribution in [0.1, 0.15) is 37.3 Å². The van der Waals surface area contributed by atoms with Gasteiger partial charge >= 0.3 is 116 Å². The summed E-state index contributed by atoms with van der Waals surface area (Å²) >= 11 is 0. The van der Waals surface area contributed by atoms with E-state index < -0.39 is 23.4 Å². The van der Waals surface area contributed by atoms with Gasteiger partial charge in [0.25, 0.3) is 0 Å². The topological polar surface area (TPSA) is 0 Å². The smallest absolute Gasteiger partial charge is 3.00 e. The van der Waals surface area contributed by atoms with Gasteiger partial charge in [-0.3, -0.25) is 0 Å². The third-order valence-corrected chi connectivity index (χ3v) is 2.70. The Balaban J connectivity index is -0.000000430. The Morgan fingerprint density at radius 3 is 1.19 bits per heavy atom. The quantitative estimate of drug-likeness (QED) is 0.166. The summed E-state index contributed by atoms with van der Waals surface area (Å²) in [5, 5.41) is 0. The number of hydrogen-bond donors (Lipinski definition) is 0. The van der Waals surface area contributed by atoms with E-state index in [0.717, 1.165) is 6.42 Å². The zero-order valence-electron chi connectivity index (χ0n) is 17.3. The summed E-state index contributed by atoms with van der Waals surface area (Å²) in [7, 11) is -32.0. The van der Waals surface area contributed by atoms with Crippen molar-refractivity contribution in [3.8, 4) is 0 Å². The predicted octanol–water partition coefficient (Wildman–Crippen LogP) is 14.3. The molecule has 2 rings (SSSR count). The number of hydrogen-bond acceptors (Lipinski definition) is 0. The second-order valence-electron chi connectivity index (χ2n) is 6.98. The van der Waals surface area contributed by atoms with Crippen LogP contribution in [0.15, 0.2) is 42.5 Å². The molecule has 221 valence electrons. The molecule has 0 N–H and O–H groups in total. The van der Waals surface area contributed by atoms with Gasteiger partial charge in [0, 0.05) is 0 Å². The van der Waals surface area contributed by atoms with Crippen molar-refractivity contribution >= 4 is 29.0 Å². The van der Waals surface area contributed by atoms with E-state index in [9.17, 15) is 75.5 Å². The van der Waals surface area contributed by atoms with Gasteiger partial charge in [0.1, 0.15) is 0 Å². The predicted molar refractivity (Wildman–Crippen MR) is 103 cm³/mol. The minimum atomic E-state index is -10.7. The first-order valence-electron chi connectivity index (χ1n) is 8.27. The molecule has 0 atom stereocenters. The van der Waals surface area contributed by atoms with Gasteiger partial charge < -0.3 is 0 Å². The molecule has 0 aromatic heterocycles. The van der Waals surface area contributed by atoms with E-state index in [4.69, 9.17) is 0 Å². The van der Waals surface area contributed by atoms with E-state index in [0.29, 0.717) is 5.92 Å². The van der Waals surface area contributed by atoms with Crippen molar-refractivity contribution in [3.63, 3.8) is 0 Å². The zero-order valence-corrected chi connectivity index (χ0v) is 21.1. The molecule has 0 amide bonds. The molecule has 1 aliphatic rings. The standard InChI is InChI=1S/C14H16.3F6P.Fe/c1-11(2)13-8-5-9-14(10-13)12-6-3-4-7-12;3*1-7(2,3,4,5)6;/h3-6,8-11H,7H2,1-2H3;;;;/q;3*-1;+3. The molecule has 0 unspecified atom stereocenters. The average molecular weight is 675 g/mol. The fourth-order valence-electron chi connectivity index (χ4n) is 1.76. The van der Waals surface area contributed by atoms with Crippen LogP contribution in [0, 0.1) is 0 Å². The van der Waals surface area contributed by atoms with Crippen LogP contribution < -0.4 is 0 Å². The van der Waals surface area contributed by atoms with Gasteiger partial charge in [-0.15, -0.1) is 0 Å². The van der Waals surface area contributed by atoms with E-state index in [1.165, 1.54) is 16.7 Å². The summed E-state index contributed by atoms with van der Waals surface area (Å²) in [4.78, 5) is 0. The van der Waals surface area contributed by atoms with Crippen LogP contribution in [0.4, 0.5) is 75.5 Å². The molecular weight excluding hydrogens is 659 g/mol. The van der Waals surface area contributed by atoms with Gasteiger partial charge in [-0.05, 0) is 29.0 Å². The number of benzene rings is 1. The second kappa shape index (κ2) is 9.17. The van der Waals surface area contributed by atoms with Crippen molar-refractivity contribution < 1.29 is 92.6 Å². The number of halogens is 18. The summed E-state index contributed by atoms with van der Waals surface area (Å²) in [6, 6.07) is 8.87. The molecule has 0 bridgehead atoms. The average Bonchev–Trinajstić information content (AvgIpc) is 2.90. The minimum absolute atomic E-state index is 0. The molecule has 1 aliphatic carbocycles. The molecule has 0 aliphatic heterocycles. The Morgan fingerprint density at radius 1 is 0.611 bits per heavy atom. The maximum Gasteiger partial charge on any atom is 3.00 e. The van der Waals surface area contributed by atoms with Crippen LogP contribution in [-0.2, 0) is 17.1 Å². The molecule has 36 heavy (non-hydrogen) atoms. The minimum Gasteiger partial charge on any atom is 3.00 e. The first-order valence-corrected chi connectivity index (χ1v) is 14.4. The first kappa shape index (κ1) is 39.8. The van der Waals surface area contributed by atoms with Crippen molar-refractivity contribution in [3.05, 3.63) is 53.6 Å². The van der Waals surface area contributed by atoms with Crippen molar-refractivity contribution in [1.29, 1.82) is 0 Å². The van der Waals surface area contributed by atoms with Gasteiger partial charge in [0.2, 0.25) is 0 Å². The Morgan fingerprint density at radius 2 is 0.944 bits per heavy atom. The summed E-state index contributed by atoms with van der Waals surface area (Å²) < 4.78 is 178. The molecule has 0 saturated heterocycles. The maximum atomic E-state index is 9.87. The molecule has 22 heteroatoms. The molecule has 0 nitrogen and oxygen atoms in total. The summed E-state index contributed by atoms with van der Waals surface area (Å²) in [6.45, 7) is 4.47. The molecule has 1 radical (unpaired) electrons. The summed E-state index contributed by atoms with van der Waals surface area (Å²) in [5.74, 6) is 0.616. The van der Waals surface area contributed by atoms with Crippen LogP contribution in [0.2, 0.25) is 0 Å². The fraction of sp³-hybridized carbons (Fsp3) is 0.286. The Labute approximate surface area is 202 Å². The van der Waals surface area contributed by atoms with Crippen LogP contribution in [-0.4, -0.2) is 0 Å². The van der Waals surface area contributed by atoms with Gasteiger partial charge in [-0.2, -0.15) is 0 Å². The summed E-state index contributed by atoms with van der Waals surface area (Å²) in [6.07, 6.45) is 7.63. The molecular formula is C14H16F18FeP3. The molecule has 0 heterocycles. The van der Waals surface area contributed by atoms with Crippen molar-refractivity contribution in [2.45, 2.75) is 26.2 Å². The maximum absolute atomic E-state index is 10.7. The Kier molecular flexibility index (Phi) is 10.1. The summed E-state index contributed by atoms with van der Waals surface area (Å²) in [5.41, 5.74) is 4.24. The van der Waals surface area contributed by atoms with Crippen LogP contribution in [0.25, 0.3) is 5.57 Å². The Hall–Kier alpha value is -0.751. The van der Waals surface area contributed by atoms with Crippen LogP contribution in [0.5, 0.6) is 0 Å². The van der Waals surface area contributed by atoms with E-state index in [-0.39, 0.29) is 17.1 Å². The monoisotopic (exact) mass is 675 g/mol. The SMILES string of the molecule is CC(C)c1cccc(C2=CC=CC2)c1.F[P-](F)(F)(F)(F)F.F[P-](F)(F)(F)(F)F.F[P-](F)(F)(F)(F)F.[Fe+3]. The van der Waals surface area contributed by atoms with E-state index in [1.807, 2.05) is 0 Å². The van der Waals surface area contributed by atoms with E-state index in [1.54, 1.807) is 0 Å². The largest absolute Gasteiger partial charge is 3.00 e. The molecule has 0 saturated carbocycles. The first-order chi connectivity index (χ1) is 14.1. The van der Waals surface area contributed by atoms with Crippen molar-refractivity contribution in [2.24, 2.45) is 0 Å². The van der Waals surface area contributed by atoms with Gasteiger partial charge in [-0.1, -0.05) is 56.3 Å². The third-order valence-electron chi connectivity index (χ3n) is 2.70. The Bertz CT molecular complexity index is 848. The van der Waals surface area contributed by atoms with E-state index >= 15 is 0 Å². The van der Waals surface area contributed by atoms with Crippen molar-refractivity contribution in [2.75, 3.05) is 0 Å². The second-order valence-corrected chi connectivity index (χ2v) is 12.7. The van der Waals surface area contributed by atoms with Gasteiger partial charge in [0.05, 0.1) is 0 Å². The van der Waals surface area contributed by atoms with Crippen molar-refractivity contribution in [1.82, 2.24) is 0 Å². The normalized spacial score (nSPS) is 19.3. The molecule has 1 aromatic rings. The van der Waals surface area contributed by atoms with Crippen LogP contribution in [0.3, 0.4) is 0 Å². The fourth-order valence-corrected chi connectivity index (χ4v) is 1.76. The van der Waals surface area contributed by atoms with Gasteiger partial charge in [-0.25, -0.2) is 0 Å².